The topological polar surface area (TPSA) is 71.2 Å². The van der Waals surface area contributed by atoms with E-state index in [0.717, 1.165) is 47.8 Å². The van der Waals surface area contributed by atoms with Crippen molar-refractivity contribution in [1.29, 1.82) is 0 Å². The van der Waals surface area contributed by atoms with Gasteiger partial charge in [-0.25, -0.2) is 0 Å². The molecule has 0 aliphatic heterocycles. The van der Waals surface area contributed by atoms with Gasteiger partial charge in [0.05, 0.1) is 5.60 Å². The second kappa shape index (κ2) is 5.29. The molecule has 3 rings (SSSR count). The average Bonchev–Trinajstić information content (AvgIpc) is 2.48. The van der Waals surface area contributed by atoms with Crippen molar-refractivity contribution in [3.63, 3.8) is 0 Å². The van der Waals surface area contributed by atoms with Crippen molar-refractivity contribution in [1.82, 2.24) is 4.98 Å². The third kappa shape index (κ3) is 2.56. The van der Waals surface area contributed by atoms with Crippen LogP contribution < -0.4 is 11.1 Å². The van der Waals surface area contributed by atoms with Gasteiger partial charge in [0, 0.05) is 41.1 Å². The standard InChI is InChI=1S/C16H21N3O/c17-14-4-5-15(13-10-18-9-6-12(13)14)19-11-16(20)7-2-1-3-8-16/h4-6,9-10,19-20H,1-3,7-8,11,17H2. The summed E-state index contributed by atoms with van der Waals surface area (Å²) < 4.78 is 0. The van der Waals surface area contributed by atoms with Crippen LogP contribution in [0.15, 0.2) is 30.6 Å². The molecule has 1 aliphatic rings. The summed E-state index contributed by atoms with van der Waals surface area (Å²) in [6.45, 7) is 0.584. The van der Waals surface area contributed by atoms with E-state index in [4.69, 9.17) is 5.73 Å². The van der Waals surface area contributed by atoms with Gasteiger partial charge in [0.15, 0.2) is 0 Å². The molecule has 1 aromatic carbocycles. The van der Waals surface area contributed by atoms with Crippen molar-refractivity contribution < 1.29 is 5.11 Å². The number of fused-ring (bicyclic) bond motifs is 1. The Balaban J connectivity index is 1.82. The number of anilines is 2. The Hall–Kier alpha value is -1.81. The summed E-state index contributed by atoms with van der Waals surface area (Å²) in [5.41, 5.74) is 7.15. The molecule has 20 heavy (non-hydrogen) atoms. The van der Waals surface area contributed by atoms with Crippen LogP contribution in [0.4, 0.5) is 11.4 Å². The highest BCUT2D eigenvalue weighted by atomic mass is 16.3. The first-order valence-electron chi connectivity index (χ1n) is 7.26. The molecule has 1 aliphatic carbocycles. The van der Waals surface area contributed by atoms with Crippen LogP contribution in [0.5, 0.6) is 0 Å². The molecule has 0 radical (unpaired) electrons. The van der Waals surface area contributed by atoms with Gasteiger partial charge in [-0.15, -0.1) is 0 Å². The van der Waals surface area contributed by atoms with Gasteiger partial charge in [0.1, 0.15) is 0 Å². The fraction of sp³-hybridized carbons (Fsp3) is 0.438. The number of nitrogens with two attached hydrogens (primary N) is 1. The Kier molecular flexibility index (Phi) is 3.49. The van der Waals surface area contributed by atoms with Gasteiger partial charge in [-0.1, -0.05) is 19.3 Å². The molecule has 4 heteroatoms. The SMILES string of the molecule is Nc1ccc(NCC2(O)CCCCC2)c2cnccc12. The third-order valence-electron chi connectivity index (χ3n) is 4.24. The molecular formula is C16H21N3O. The summed E-state index contributed by atoms with van der Waals surface area (Å²) in [5.74, 6) is 0. The molecule has 0 atom stereocenters. The highest BCUT2D eigenvalue weighted by molar-refractivity contribution is 6.00. The molecule has 2 aromatic rings. The molecule has 1 saturated carbocycles. The Labute approximate surface area is 119 Å². The summed E-state index contributed by atoms with van der Waals surface area (Å²) in [6.07, 6.45) is 8.79. The minimum Gasteiger partial charge on any atom is -0.398 e. The number of hydrogen-bond acceptors (Lipinski definition) is 4. The molecule has 0 bridgehead atoms. The maximum Gasteiger partial charge on any atom is 0.0819 e. The number of pyridine rings is 1. The van der Waals surface area contributed by atoms with E-state index in [2.05, 4.69) is 10.3 Å². The lowest BCUT2D eigenvalue weighted by molar-refractivity contribution is 0.0167. The first-order chi connectivity index (χ1) is 9.68. The number of nitrogen functional groups attached to an aromatic ring is 1. The summed E-state index contributed by atoms with van der Waals surface area (Å²) >= 11 is 0. The van der Waals surface area contributed by atoms with E-state index in [1.807, 2.05) is 24.4 Å². The van der Waals surface area contributed by atoms with Crippen molar-refractivity contribution in [2.45, 2.75) is 37.7 Å². The quantitative estimate of drug-likeness (QED) is 0.751. The van der Waals surface area contributed by atoms with E-state index in [1.54, 1.807) is 6.20 Å². The first-order valence-corrected chi connectivity index (χ1v) is 7.26. The lowest BCUT2D eigenvalue weighted by Gasteiger charge is -2.32. The zero-order valence-electron chi connectivity index (χ0n) is 11.6. The molecule has 1 fully saturated rings. The molecule has 106 valence electrons. The second-order valence-electron chi connectivity index (χ2n) is 5.76. The van der Waals surface area contributed by atoms with Gasteiger partial charge in [0.2, 0.25) is 0 Å². The van der Waals surface area contributed by atoms with Crippen LogP contribution in [0, 0.1) is 0 Å². The van der Waals surface area contributed by atoms with E-state index in [9.17, 15) is 5.11 Å². The van der Waals surface area contributed by atoms with Crippen molar-refractivity contribution in [3.8, 4) is 0 Å². The molecule has 4 N–H and O–H groups in total. The zero-order valence-corrected chi connectivity index (χ0v) is 11.6. The van der Waals surface area contributed by atoms with Crippen LogP contribution in [0.1, 0.15) is 32.1 Å². The van der Waals surface area contributed by atoms with Crippen LogP contribution >= 0.6 is 0 Å². The molecule has 0 saturated heterocycles. The van der Waals surface area contributed by atoms with Gasteiger partial charge in [-0.2, -0.15) is 0 Å². The van der Waals surface area contributed by atoms with Crippen LogP contribution in [0.25, 0.3) is 10.8 Å². The smallest absolute Gasteiger partial charge is 0.0819 e. The maximum absolute atomic E-state index is 10.6. The molecular weight excluding hydrogens is 250 g/mol. The summed E-state index contributed by atoms with van der Waals surface area (Å²) in [5, 5.41) is 15.9. The number of benzene rings is 1. The second-order valence-corrected chi connectivity index (χ2v) is 5.76. The van der Waals surface area contributed by atoms with Crippen LogP contribution in [0.2, 0.25) is 0 Å². The Bertz CT molecular complexity index is 606. The number of aliphatic hydroxyl groups is 1. The van der Waals surface area contributed by atoms with Crippen molar-refractivity contribution in [2.75, 3.05) is 17.6 Å². The fourth-order valence-electron chi connectivity index (χ4n) is 3.01. The number of rotatable bonds is 3. The minimum absolute atomic E-state index is 0.575. The number of aromatic nitrogens is 1. The molecule has 1 aromatic heterocycles. The lowest BCUT2D eigenvalue weighted by Crippen LogP contribution is -2.38. The van der Waals surface area contributed by atoms with Crippen molar-refractivity contribution in [3.05, 3.63) is 30.6 Å². The van der Waals surface area contributed by atoms with Gasteiger partial charge in [-0.05, 0) is 31.0 Å². The lowest BCUT2D eigenvalue weighted by atomic mass is 9.85. The van der Waals surface area contributed by atoms with Crippen LogP contribution in [0.3, 0.4) is 0 Å². The average molecular weight is 271 g/mol. The van der Waals surface area contributed by atoms with E-state index in [1.165, 1.54) is 6.42 Å². The van der Waals surface area contributed by atoms with Gasteiger partial charge in [-0.3, -0.25) is 4.98 Å². The highest BCUT2D eigenvalue weighted by Crippen LogP contribution is 2.31. The zero-order chi connectivity index (χ0) is 14.0. The molecule has 0 amide bonds. The Morgan fingerprint density at radius 2 is 1.95 bits per heavy atom. The van der Waals surface area contributed by atoms with Crippen LogP contribution in [-0.4, -0.2) is 22.2 Å². The monoisotopic (exact) mass is 271 g/mol. The summed E-state index contributed by atoms with van der Waals surface area (Å²) in [7, 11) is 0. The van der Waals surface area contributed by atoms with Crippen LogP contribution in [-0.2, 0) is 0 Å². The number of nitrogens with zero attached hydrogens (tertiary/aromatic N) is 1. The number of nitrogens with one attached hydrogen (secondary N) is 1. The van der Waals surface area contributed by atoms with Gasteiger partial charge >= 0.3 is 0 Å². The van der Waals surface area contributed by atoms with Gasteiger partial charge < -0.3 is 16.2 Å². The van der Waals surface area contributed by atoms with E-state index >= 15 is 0 Å². The Morgan fingerprint density at radius 1 is 1.15 bits per heavy atom. The minimum atomic E-state index is -0.575. The largest absolute Gasteiger partial charge is 0.398 e. The fourth-order valence-corrected chi connectivity index (χ4v) is 3.01. The summed E-state index contributed by atoms with van der Waals surface area (Å²) in [4.78, 5) is 4.17. The Morgan fingerprint density at radius 3 is 2.75 bits per heavy atom. The van der Waals surface area contributed by atoms with E-state index in [0.29, 0.717) is 6.54 Å². The molecule has 0 spiro atoms. The first kappa shape index (κ1) is 13.2. The predicted octanol–water partition coefficient (Wildman–Crippen LogP) is 2.92. The van der Waals surface area contributed by atoms with Crippen molar-refractivity contribution >= 4 is 22.1 Å². The van der Waals surface area contributed by atoms with E-state index in [-0.39, 0.29) is 0 Å². The normalized spacial score (nSPS) is 18.1. The molecule has 4 nitrogen and oxygen atoms in total. The maximum atomic E-state index is 10.6. The highest BCUT2D eigenvalue weighted by Gasteiger charge is 2.28. The van der Waals surface area contributed by atoms with E-state index < -0.39 is 5.60 Å². The van der Waals surface area contributed by atoms with Gasteiger partial charge in [0.25, 0.3) is 0 Å². The number of hydrogen-bond donors (Lipinski definition) is 3. The summed E-state index contributed by atoms with van der Waals surface area (Å²) in [6, 6.07) is 5.78. The molecule has 1 heterocycles. The van der Waals surface area contributed by atoms with Crippen molar-refractivity contribution in [2.24, 2.45) is 0 Å². The predicted molar refractivity (Wildman–Crippen MR) is 82.7 cm³/mol. The third-order valence-corrected chi connectivity index (χ3v) is 4.24. The molecule has 0 unspecified atom stereocenters.